The number of rotatable bonds is 7. The number of aromatic nitrogens is 6. The second-order valence-corrected chi connectivity index (χ2v) is 9.02. The normalized spacial score (nSPS) is 11.3. The number of hydrogen-bond acceptors (Lipinski definition) is 5. The Morgan fingerprint density at radius 3 is 2.58 bits per heavy atom. The van der Waals surface area contributed by atoms with Crippen molar-refractivity contribution in [1.82, 2.24) is 34.4 Å². The molecule has 2 N–H and O–H groups in total. The summed E-state index contributed by atoms with van der Waals surface area (Å²) in [7, 11) is 1.88. The van der Waals surface area contributed by atoms with Crippen LogP contribution in [0, 0.1) is 0 Å². The summed E-state index contributed by atoms with van der Waals surface area (Å²) in [5.74, 6) is 1.48. The van der Waals surface area contributed by atoms with Crippen molar-refractivity contribution in [3.05, 3.63) is 100 Å². The van der Waals surface area contributed by atoms with Gasteiger partial charge < -0.3 is 14.9 Å². The molecule has 0 aliphatic carbocycles. The van der Waals surface area contributed by atoms with E-state index in [9.17, 15) is 9.59 Å². The van der Waals surface area contributed by atoms with Gasteiger partial charge in [0.1, 0.15) is 11.3 Å². The number of amides is 1. The Labute approximate surface area is 207 Å². The zero-order chi connectivity index (χ0) is 25.2. The van der Waals surface area contributed by atoms with Gasteiger partial charge in [-0.2, -0.15) is 0 Å². The molecule has 1 amide bonds. The van der Waals surface area contributed by atoms with Crippen LogP contribution in [-0.2, 0) is 20.1 Å². The number of imidazole rings is 2. The molecule has 0 saturated carbocycles. The molecular formula is C27H27N7O2. The zero-order valence-corrected chi connectivity index (χ0v) is 20.4. The van der Waals surface area contributed by atoms with Crippen LogP contribution in [0.1, 0.15) is 47.1 Å². The van der Waals surface area contributed by atoms with Gasteiger partial charge in [-0.1, -0.05) is 50.2 Å². The fourth-order valence-corrected chi connectivity index (χ4v) is 4.20. The largest absolute Gasteiger partial charge is 0.345 e. The highest BCUT2D eigenvalue weighted by Gasteiger charge is 2.15. The maximum absolute atomic E-state index is 12.7. The summed E-state index contributed by atoms with van der Waals surface area (Å²) in [5.41, 5.74) is 4.38. The third-order valence-electron chi connectivity index (χ3n) is 6.22. The van der Waals surface area contributed by atoms with Crippen molar-refractivity contribution in [3.8, 4) is 11.4 Å². The van der Waals surface area contributed by atoms with Gasteiger partial charge in [0.05, 0.1) is 19.3 Å². The third-order valence-corrected chi connectivity index (χ3v) is 6.22. The molecule has 0 spiro atoms. The fourth-order valence-electron chi connectivity index (χ4n) is 4.20. The second-order valence-electron chi connectivity index (χ2n) is 9.02. The number of hydrogen-bond donors (Lipinski definition) is 2. The first-order valence-corrected chi connectivity index (χ1v) is 11.8. The lowest BCUT2D eigenvalue weighted by Crippen LogP contribution is -2.24. The number of nitrogens with zero attached hydrogens (tertiary/aromatic N) is 5. The Morgan fingerprint density at radius 1 is 1.08 bits per heavy atom. The van der Waals surface area contributed by atoms with Crippen molar-refractivity contribution < 1.29 is 4.79 Å². The molecule has 0 radical (unpaired) electrons. The lowest BCUT2D eigenvalue weighted by Gasteiger charge is -2.11. The minimum absolute atomic E-state index is 0.185. The first kappa shape index (κ1) is 23.2. The Bertz CT molecular complexity index is 1590. The summed E-state index contributed by atoms with van der Waals surface area (Å²) >= 11 is 0. The minimum atomic E-state index is -0.259. The maximum Gasteiger partial charge on any atom is 0.328 e. The van der Waals surface area contributed by atoms with Gasteiger partial charge >= 0.3 is 5.69 Å². The van der Waals surface area contributed by atoms with Gasteiger partial charge in [0.2, 0.25) is 0 Å². The highest BCUT2D eigenvalue weighted by atomic mass is 16.2. The number of carbonyl (C=O) groups excluding carboxylic acids is 1. The Hall–Kier alpha value is -4.53. The van der Waals surface area contributed by atoms with E-state index in [2.05, 4.69) is 40.2 Å². The van der Waals surface area contributed by atoms with E-state index in [0.717, 1.165) is 22.5 Å². The fraction of sp³-hybridized carbons (Fsp3) is 0.222. The molecule has 0 bridgehead atoms. The van der Waals surface area contributed by atoms with Crippen molar-refractivity contribution in [1.29, 1.82) is 0 Å². The van der Waals surface area contributed by atoms with E-state index in [4.69, 9.17) is 4.98 Å². The van der Waals surface area contributed by atoms with E-state index in [1.807, 2.05) is 48.1 Å². The van der Waals surface area contributed by atoms with Gasteiger partial charge in [-0.25, -0.2) is 19.7 Å². The molecule has 36 heavy (non-hydrogen) atoms. The van der Waals surface area contributed by atoms with E-state index < -0.39 is 0 Å². The van der Waals surface area contributed by atoms with Crippen LogP contribution < -0.4 is 11.0 Å². The van der Waals surface area contributed by atoms with Crippen LogP contribution in [0.25, 0.3) is 22.6 Å². The van der Waals surface area contributed by atoms with Crippen molar-refractivity contribution in [2.45, 2.75) is 32.9 Å². The number of nitrogens with one attached hydrogen (secondary N) is 2. The lowest BCUT2D eigenvalue weighted by atomic mass is 9.97. The average molecular weight is 482 g/mol. The predicted octanol–water partition coefficient (Wildman–Crippen LogP) is 3.62. The van der Waals surface area contributed by atoms with E-state index in [0.29, 0.717) is 41.6 Å². The summed E-state index contributed by atoms with van der Waals surface area (Å²) in [6.07, 6.45) is 5.18. The molecule has 0 fully saturated rings. The summed E-state index contributed by atoms with van der Waals surface area (Å²) in [4.78, 5) is 41.6. The van der Waals surface area contributed by atoms with E-state index in [1.54, 1.807) is 29.1 Å². The predicted molar refractivity (Wildman–Crippen MR) is 138 cm³/mol. The average Bonchev–Trinajstić information content (AvgIpc) is 3.44. The van der Waals surface area contributed by atoms with Crippen molar-refractivity contribution in [2.75, 3.05) is 0 Å². The van der Waals surface area contributed by atoms with Gasteiger partial charge in [-0.15, -0.1) is 0 Å². The SMILES string of the molecule is CC(C)c1ccccc1-c1ncc2[nH]c(=O)n(Cc3ccc(C(=O)NCc4nccn4C)cc3)c2n1. The van der Waals surface area contributed by atoms with Gasteiger partial charge in [0, 0.05) is 30.6 Å². The molecule has 0 aliphatic rings. The van der Waals surface area contributed by atoms with Gasteiger partial charge in [-0.3, -0.25) is 9.36 Å². The van der Waals surface area contributed by atoms with E-state index in [-0.39, 0.29) is 11.6 Å². The molecule has 9 nitrogen and oxygen atoms in total. The number of H-pyrrole nitrogens is 1. The lowest BCUT2D eigenvalue weighted by molar-refractivity contribution is 0.0949. The monoisotopic (exact) mass is 481 g/mol. The van der Waals surface area contributed by atoms with Crippen LogP contribution in [0.3, 0.4) is 0 Å². The van der Waals surface area contributed by atoms with Crippen LogP contribution in [0.4, 0.5) is 0 Å². The standard InChI is InChI=1S/C27H27N7O2/c1-17(2)20-6-4-5-7-21(20)24-29-14-22-25(32-24)34(27(36)31-22)16-18-8-10-19(11-9-18)26(35)30-15-23-28-12-13-33(23)3/h4-14,17H,15-16H2,1-3H3,(H,30,35)(H,31,36). The number of aromatic amines is 1. The molecule has 182 valence electrons. The van der Waals surface area contributed by atoms with E-state index in [1.165, 1.54) is 0 Å². The van der Waals surface area contributed by atoms with Gasteiger partial charge in [0.15, 0.2) is 11.5 Å². The van der Waals surface area contributed by atoms with E-state index >= 15 is 0 Å². The van der Waals surface area contributed by atoms with Crippen molar-refractivity contribution in [2.24, 2.45) is 7.05 Å². The number of fused-ring (bicyclic) bond motifs is 1. The summed E-state index contributed by atoms with van der Waals surface area (Å²) in [5, 5.41) is 2.88. The Kier molecular flexibility index (Phi) is 6.20. The molecule has 0 atom stereocenters. The third kappa shape index (κ3) is 4.55. The van der Waals surface area contributed by atoms with Crippen LogP contribution in [0.15, 0.2) is 71.9 Å². The van der Waals surface area contributed by atoms with Gasteiger partial charge in [0.25, 0.3) is 5.91 Å². The minimum Gasteiger partial charge on any atom is -0.345 e. The summed E-state index contributed by atoms with van der Waals surface area (Å²) in [6, 6.07) is 15.2. The molecule has 3 aromatic heterocycles. The Morgan fingerprint density at radius 2 is 1.86 bits per heavy atom. The van der Waals surface area contributed by atoms with Crippen molar-refractivity contribution in [3.63, 3.8) is 0 Å². The van der Waals surface area contributed by atoms with Crippen LogP contribution in [0.2, 0.25) is 0 Å². The first-order valence-electron chi connectivity index (χ1n) is 11.8. The number of carbonyl (C=O) groups is 1. The van der Waals surface area contributed by atoms with Crippen LogP contribution in [0.5, 0.6) is 0 Å². The van der Waals surface area contributed by atoms with Crippen LogP contribution >= 0.6 is 0 Å². The first-order chi connectivity index (χ1) is 17.4. The topological polar surface area (TPSA) is 110 Å². The highest BCUT2D eigenvalue weighted by molar-refractivity contribution is 5.94. The molecule has 0 saturated heterocycles. The number of benzene rings is 2. The zero-order valence-electron chi connectivity index (χ0n) is 20.4. The van der Waals surface area contributed by atoms with Crippen LogP contribution in [-0.4, -0.2) is 35.0 Å². The summed E-state index contributed by atoms with van der Waals surface area (Å²) < 4.78 is 3.45. The smallest absolute Gasteiger partial charge is 0.328 e. The second kappa shape index (κ2) is 9.61. The quantitative estimate of drug-likeness (QED) is 0.369. The van der Waals surface area contributed by atoms with Gasteiger partial charge in [-0.05, 0) is 29.2 Å². The molecule has 0 aliphatic heterocycles. The molecule has 5 rings (SSSR count). The maximum atomic E-state index is 12.7. The molecule has 5 aromatic rings. The Balaban J connectivity index is 1.38. The van der Waals surface area contributed by atoms with Crippen molar-refractivity contribution >= 4 is 17.1 Å². The molecule has 0 unspecified atom stereocenters. The molecule has 2 aromatic carbocycles. The summed E-state index contributed by atoms with van der Waals surface area (Å²) in [6.45, 7) is 4.92. The highest BCUT2D eigenvalue weighted by Crippen LogP contribution is 2.27. The number of aryl methyl sites for hydroxylation is 1. The molecule has 9 heteroatoms. The molecule has 3 heterocycles. The molecular weight excluding hydrogens is 454 g/mol.